The van der Waals surface area contributed by atoms with Crippen molar-refractivity contribution in [1.82, 2.24) is 10.2 Å². The SMILES string of the molecule is CCCCCC(C)(C)CN1CNC(CC)C1=O. The Morgan fingerprint density at radius 1 is 1.35 bits per heavy atom. The van der Waals surface area contributed by atoms with Gasteiger partial charge in [-0.1, -0.05) is 47.0 Å². The zero-order chi connectivity index (χ0) is 12.9. The second kappa shape index (κ2) is 6.39. The van der Waals surface area contributed by atoms with Gasteiger partial charge in [0, 0.05) is 6.54 Å². The van der Waals surface area contributed by atoms with Crippen molar-refractivity contribution in [2.24, 2.45) is 5.41 Å². The third kappa shape index (κ3) is 4.30. The van der Waals surface area contributed by atoms with Gasteiger partial charge in [-0.2, -0.15) is 0 Å². The quantitative estimate of drug-likeness (QED) is 0.694. The maximum absolute atomic E-state index is 12.0. The maximum atomic E-state index is 12.0. The highest BCUT2D eigenvalue weighted by molar-refractivity contribution is 5.83. The van der Waals surface area contributed by atoms with Crippen LogP contribution in [0.2, 0.25) is 0 Å². The summed E-state index contributed by atoms with van der Waals surface area (Å²) in [6.07, 6.45) is 5.94. The van der Waals surface area contributed by atoms with Crippen LogP contribution in [0.3, 0.4) is 0 Å². The lowest BCUT2D eigenvalue weighted by atomic mass is 9.86. The van der Waals surface area contributed by atoms with Crippen molar-refractivity contribution in [2.45, 2.75) is 65.8 Å². The van der Waals surface area contributed by atoms with Gasteiger partial charge < -0.3 is 4.90 Å². The van der Waals surface area contributed by atoms with E-state index in [2.05, 4.69) is 33.0 Å². The number of rotatable bonds is 7. The molecule has 3 nitrogen and oxygen atoms in total. The van der Waals surface area contributed by atoms with Crippen LogP contribution in [0.25, 0.3) is 0 Å². The van der Waals surface area contributed by atoms with Gasteiger partial charge in [-0.3, -0.25) is 10.1 Å². The molecular weight excluding hydrogens is 212 g/mol. The van der Waals surface area contributed by atoms with E-state index in [0.29, 0.717) is 0 Å². The van der Waals surface area contributed by atoms with E-state index in [-0.39, 0.29) is 17.4 Å². The monoisotopic (exact) mass is 240 g/mol. The van der Waals surface area contributed by atoms with Gasteiger partial charge >= 0.3 is 0 Å². The molecule has 0 spiro atoms. The average Bonchev–Trinajstić information content (AvgIpc) is 2.60. The second-order valence-electron chi connectivity index (χ2n) is 5.98. The average molecular weight is 240 g/mol. The fourth-order valence-electron chi connectivity index (χ4n) is 2.51. The van der Waals surface area contributed by atoms with E-state index in [4.69, 9.17) is 0 Å². The Balaban J connectivity index is 2.39. The second-order valence-corrected chi connectivity index (χ2v) is 5.98. The predicted molar refractivity (Wildman–Crippen MR) is 71.7 cm³/mol. The molecule has 0 radical (unpaired) electrons. The molecule has 0 aromatic heterocycles. The van der Waals surface area contributed by atoms with Crippen molar-refractivity contribution in [3.63, 3.8) is 0 Å². The highest BCUT2D eigenvalue weighted by Gasteiger charge is 2.33. The largest absolute Gasteiger partial charge is 0.328 e. The third-order valence-electron chi connectivity index (χ3n) is 3.62. The summed E-state index contributed by atoms with van der Waals surface area (Å²) < 4.78 is 0. The van der Waals surface area contributed by atoms with Gasteiger partial charge in [-0.25, -0.2) is 0 Å². The summed E-state index contributed by atoms with van der Waals surface area (Å²) in [7, 11) is 0. The summed E-state index contributed by atoms with van der Waals surface area (Å²) in [5, 5.41) is 3.27. The van der Waals surface area contributed by atoms with E-state index in [1.165, 1.54) is 25.7 Å². The lowest BCUT2D eigenvalue weighted by molar-refractivity contribution is -0.130. The summed E-state index contributed by atoms with van der Waals surface area (Å²) in [6, 6.07) is 0.0569. The van der Waals surface area contributed by atoms with Crippen molar-refractivity contribution >= 4 is 5.91 Å². The Labute approximate surface area is 106 Å². The fourth-order valence-corrected chi connectivity index (χ4v) is 2.51. The number of carbonyl (C=O) groups excluding carboxylic acids is 1. The van der Waals surface area contributed by atoms with Gasteiger partial charge in [0.05, 0.1) is 12.7 Å². The maximum Gasteiger partial charge on any atom is 0.240 e. The van der Waals surface area contributed by atoms with E-state index >= 15 is 0 Å². The molecule has 0 aromatic carbocycles. The third-order valence-corrected chi connectivity index (χ3v) is 3.62. The molecule has 0 aromatic rings. The predicted octanol–water partition coefficient (Wildman–Crippen LogP) is 2.76. The summed E-state index contributed by atoms with van der Waals surface area (Å²) in [5.41, 5.74) is 0.245. The minimum Gasteiger partial charge on any atom is -0.328 e. The molecule has 1 atom stereocenters. The summed E-state index contributed by atoms with van der Waals surface area (Å²) in [5.74, 6) is 0.288. The molecule has 1 aliphatic rings. The first-order chi connectivity index (χ1) is 8.00. The first kappa shape index (κ1) is 14.5. The molecule has 1 amide bonds. The van der Waals surface area contributed by atoms with E-state index in [0.717, 1.165) is 19.6 Å². The van der Waals surface area contributed by atoms with Gasteiger partial charge in [-0.05, 0) is 18.3 Å². The molecule has 1 N–H and O–H groups in total. The van der Waals surface area contributed by atoms with E-state index in [1.54, 1.807) is 0 Å². The zero-order valence-electron chi connectivity index (χ0n) is 11.9. The van der Waals surface area contributed by atoms with Crippen LogP contribution in [-0.2, 0) is 4.79 Å². The molecule has 1 aliphatic heterocycles. The highest BCUT2D eigenvalue weighted by atomic mass is 16.2. The van der Waals surface area contributed by atoms with E-state index < -0.39 is 0 Å². The number of nitrogens with one attached hydrogen (secondary N) is 1. The molecular formula is C14H28N2O. The van der Waals surface area contributed by atoms with E-state index in [1.807, 2.05) is 4.90 Å². The van der Waals surface area contributed by atoms with Crippen molar-refractivity contribution in [1.29, 1.82) is 0 Å². The molecule has 100 valence electrons. The van der Waals surface area contributed by atoms with Crippen molar-refractivity contribution < 1.29 is 4.79 Å². The zero-order valence-corrected chi connectivity index (χ0v) is 11.9. The molecule has 1 fully saturated rings. The molecule has 1 rings (SSSR count). The fraction of sp³-hybridized carbons (Fsp3) is 0.929. The molecule has 0 aliphatic carbocycles. The smallest absolute Gasteiger partial charge is 0.240 e. The van der Waals surface area contributed by atoms with Crippen LogP contribution in [0.1, 0.15) is 59.8 Å². The molecule has 0 saturated carbocycles. The lowest BCUT2D eigenvalue weighted by Crippen LogP contribution is -2.37. The highest BCUT2D eigenvalue weighted by Crippen LogP contribution is 2.26. The Kier molecular flexibility index (Phi) is 5.44. The van der Waals surface area contributed by atoms with Gasteiger partial charge in [0.25, 0.3) is 0 Å². The van der Waals surface area contributed by atoms with Crippen LogP contribution in [0.4, 0.5) is 0 Å². The summed E-state index contributed by atoms with van der Waals surface area (Å²) in [6.45, 7) is 10.5. The van der Waals surface area contributed by atoms with E-state index in [9.17, 15) is 4.79 Å². The Morgan fingerprint density at radius 3 is 2.59 bits per heavy atom. The molecule has 1 heterocycles. The lowest BCUT2D eigenvalue weighted by Gasteiger charge is -2.30. The standard InChI is InChI=1S/C14H28N2O/c1-5-7-8-9-14(3,4)10-16-11-15-12(6-2)13(16)17/h12,15H,5-11H2,1-4H3. The topological polar surface area (TPSA) is 32.3 Å². The minimum atomic E-state index is 0.0569. The molecule has 0 bridgehead atoms. The Hall–Kier alpha value is -0.570. The van der Waals surface area contributed by atoms with Crippen LogP contribution in [0.15, 0.2) is 0 Å². The van der Waals surface area contributed by atoms with Crippen LogP contribution in [0.5, 0.6) is 0 Å². The number of unbranched alkanes of at least 4 members (excludes halogenated alkanes) is 2. The minimum absolute atomic E-state index is 0.0569. The first-order valence-electron chi connectivity index (χ1n) is 7.02. The van der Waals surface area contributed by atoms with Crippen LogP contribution in [-0.4, -0.2) is 30.1 Å². The van der Waals surface area contributed by atoms with Crippen molar-refractivity contribution in [3.05, 3.63) is 0 Å². The Morgan fingerprint density at radius 2 is 2.06 bits per heavy atom. The summed E-state index contributed by atoms with van der Waals surface area (Å²) in [4.78, 5) is 14.0. The van der Waals surface area contributed by atoms with Crippen LogP contribution >= 0.6 is 0 Å². The number of nitrogens with zero attached hydrogens (tertiary/aromatic N) is 1. The summed E-state index contributed by atoms with van der Waals surface area (Å²) >= 11 is 0. The number of amides is 1. The number of hydrogen-bond donors (Lipinski definition) is 1. The van der Waals surface area contributed by atoms with Gasteiger partial charge in [0.15, 0.2) is 0 Å². The molecule has 17 heavy (non-hydrogen) atoms. The molecule has 1 saturated heterocycles. The van der Waals surface area contributed by atoms with Crippen LogP contribution in [0, 0.1) is 5.41 Å². The van der Waals surface area contributed by atoms with Gasteiger partial charge in [0.2, 0.25) is 5.91 Å². The number of hydrogen-bond acceptors (Lipinski definition) is 2. The number of carbonyl (C=O) groups is 1. The van der Waals surface area contributed by atoms with Gasteiger partial charge in [-0.15, -0.1) is 0 Å². The normalized spacial score (nSPS) is 21.3. The van der Waals surface area contributed by atoms with Crippen molar-refractivity contribution in [3.8, 4) is 0 Å². The first-order valence-corrected chi connectivity index (χ1v) is 7.02. The van der Waals surface area contributed by atoms with Crippen molar-refractivity contribution in [2.75, 3.05) is 13.2 Å². The molecule has 3 heteroatoms. The van der Waals surface area contributed by atoms with Gasteiger partial charge in [0.1, 0.15) is 0 Å². The Bertz CT molecular complexity index is 251. The molecule has 1 unspecified atom stereocenters. The van der Waals surface area contributed by atoms with Crippen LogP contribution < -0.4 is 5.32 Å².